The number of carbonyl (C=O) groups is 1. The standard InChI is InChI=1S/C21H30O3/c1-5-6-9-14-12-18(23-3)19-17(13-21(19,2)24-4)15-10-7-8-11-16(15)20(14)22/h12,16H,5-11,13H2,1-4H3/b14-12-,17-15-,19-18-. The van der Waals surface area contributed by atoms with Gasteiger partial charge in [0.1, 0.15) is 5.76 Å². The average molecular weight is 330 g/mol. The number of hydrogen-bond acceptors (Lipinski definition) is 3. The molecule has 0 aromatic rings. The normalized spacial score (nSPS) is 38.2. The third kappa shape index (κ3) is 2.77. The van der Waals surface area contributed by atoms with Gasteiger partial charge in [0.2, 0.25) is 0 Å². The Balaban J connectivity index is 2.14. The van der Waals surface area contributed by atoms with Crippen molar-refractivity contribution in [3.63, 3.8) is 0 Å². The topological polar surface area (TPSA) is 35.5 Å². The minimum Gasteiger partial charge on any atom is -0.496 e. The van der Waals surface area contributed by atoms with Gasteiger partial charge in [-0.25, -0.2) is 0 Å². The number of ether oxygens (including phenoxy) is 2. The molecular weight excluding hydrogens is 300 g/mol. The minimum absolute atomic E-state index is 0.0895. The van der Waals surface area contributed by atoms with Crippen molar-refractivity contribution >= 4 is 5.78 Å². The molecule has 0 saturated heterocycles. The molecule has 3 aliphatic rings. The average Bonchev–Trinajstić information content (AvgIpc) is 2.60. The van der Waals surface area contributed by atoms with E-state index in [1.807, 2.05) is 6.08 Å². The van der Waals surface area contributed by atoms with Crippen LogP contribution in [-0.4, -0.2) is 25.6 Å². The Morgan fingerprint density at radius 3 is 2.75 bits per heavy atom. The quantitative estimate of drug-likeness (QED) is 0.720. The Hall–Kier alpha value is -1.35. The molecule has 132 valence electrons. The smallest absolute Gasteiger partial charge is 0.166 e. The molecule has 0 amide bonds. The third-order valence-corrected chi connectivity index (χ3v) is 6.00. The number of carbonyl (C=O) groups excluding carboxylic acids is 1. The predicted molar refractivity (Wildman–Crippen MR) is 95.7 cm³/mol. The van der Waals surface area contributed by atoms with Crippen molar-refractivity contribution in [1.29, 1.82) is 0 Å². The number of rotatable bonds is 5. The van der Waals surface area contributed by atoms with Gasteiger partial charge in [-0.1, -0.05) is 25.3 Å². The molecule has 3 rings (SSSR count). The number of allylic oxidation sites excluding steroid dienone is 3. The lowest BCUT2D eigenvalue weighted by Crippen LogP contribution is -2.44. The highest BCUT2D eigenvalue weighted by molar-refractivity contribution is 6.00. The van der Waals surface area contributed by atoms with Gasteiger partial charge in [0, 0.05) is 25.0 Å². The first-order valence-corrected chi connectivity index (χ1v) is 9.36. The molecule has 2 fully saturated rings. The number of methoxy groups -OCH3 is 2. The highest BCUT2D eigenvalue weighted by atomic mass is 16.5. The van der Waals surface area contributed by atoms with Crippen LogP contribution in [0.1, 0.15) is 65.2 Å². The summed E-state index contributed by atoms with van der Waals surface area (Å²) in [6, 6.07) is 0. The van der Waals surface area contributed by atoms with Crippen LogP contribution in [0.15, 0.2) is 34.1 Å². The van der Waals surface area contributed by atoms with E-state index in [0.29, 0.717) is 5.78 Å². The SMILES string of the molecule is CCCC/C1=C/C(OC)=C2\C(=C3\CCCCC3C1=O)CC2(C)OC. The summed E-state index contributed by atoms with van der Waals surface area (Å²) in [4.78, 5) is 13.2. The third-order valence-electron chi connectivity index (χ3n) is 6.00. The second-order valence-corrected chi connectivity index (χ2v) is 7.49. The fourth-order valence-electron chi connectivity index (χ4n) is 4.50. The van der Waals surface area contributed by atoms with Crippen molar-refractivity contribution in [2.45, 2.75) is 70.8 Å². The van der Waals surface area contributed by atoms with E-state index < -0.39 is 0 Å². The number of ketones is 1. The zero-order valence-electron chi connectivity index (χ0n) is 15.5. The van der Waals surface area contributed by atoms with E-state index in [1.54, 1.807) is 14.2 Å². The van der Waals surface area contributed by atoms with Crippen molar-refractivity contribution in [3.05, 3.63) is 34.1 Å². The maximum absolute atomic E-state index is 13.2. The van der Waals surface area contributed by atoms with Crippen LogP contribution in [0.2, 0.25) is 0 Å². The first-order chi connectivity index (χ1) is 11.6. The molecule has 0 heterocycles. The van der Waals surface area contributed by atoms with Gasteiger partial charge in [-0.05, 0) is 56.3 Å². The molecule has 0 radical (unpaired) electrons. The van der Waals surface area contributed by atoms with E-state index in [4.69, 9.17) is 9.47 Å². The van der Waals surface area contributed by atoms with E-state index in [9.17, 15) is 4.79 Å². The molecule has 3 aliphatic carbocycles. The zero-order valence-corrected chi connectivity index (χ0v) is 15.5. The summed E-state index contributed by atoms with van der Waals surface area (Å²) in [5.41, 5.74) is 4.53. The summed E-state index contributed by atoms with van der Waals surface area (Å²) in [6.45, 7) is 4.30. The van der Waals surface area contributed by atoms with Crippen molar-refractivity contribution in [3.8, 4) is 0 Å². The summed E-state index contributed by atoms with van der Waals surface area (Å²) >= 11 is 0. The molecule has 0 N–H and O–H groups in total. The maximum Gasteiger partial charge on any atom is 0.166 e. The fraction of sp³-hybridized carbons (Fsp3) is 0.667. The van der Waals surface area contributed by atoms with Crippen LogP contribution >= 0.6 is 0 Å². The van der Waals surface area contributed by atoms with Gasteiger partial charge >= 0.3 is 0 Å². The van der Waals surface area contributed by atoms with Crippen LogP contribution in [0.25, 0.3) is 0 Å². The van der Waals surface area contributed by atoms with Gasteiger partial charge in [0.25, 0.3) is 0 Å². The molecule has 0 aliphatic heterocycles. The molecule has 3 nitrogen and oxygen atoms in total. The molecule has 24 heavy (non-hydrogen) atoms. The van der Waals surface area contributed by atoms with E-state index in [2.05, 4.69) is 13.8 Å². The minimum atomic E-state index is -0.289. The van der Waals surface area contributed by atoms with E-state index in [0.717, 1.165) is 56.3 Å². The molecule has 2 unspecified atom stereocenters. The van der Waals surface area contributed by atoms with Crippen LogP contribution in [0.3, 0.4) is 0 Å². The second kappa shape index (κ2) is 6.87. The first kappa shape index (κ1) is 17.5. The first-order valence-electron chi connectivity index (χ1n) is 9.36. The second-order valence-electron chi connectivity index (χ2n) is 7.49. The molecular formula is C21H30O3. The Bertz CT molecular complexity index is 623. The summed E-state index contributed by atoms with van der Waals surface area (Å²) in [5, 5.41) is 0. The fourth-order valence-corrected chi connectivity index (χ4v) is 4.50. The molecule has 0 bridgehead atoms. The van der Waals surface area contributed by atoms with Crippen LogP contribution < -0.4 is 0 Å². The van der Waals surface area contributed by atoms with Crippen molar-refractivity contribution in [2.24, 2.45) is 5.92 Å². The Kier molecular flexibility index (Phi) is 5.00. The van der Waals surface area contributed by atoms with Crippen LogP contribution in [-0.2, 0) is 14.3 Å². The molecule has 2 saturated carbocycles. The predicted octanol–water partition coefficient (Wildman–Crippen LogP) is 4.88. The van der Waals surface area contributed by atoms with Crippen LogP contribution in [0, 0.1) is 5.92 Å². The van der Waals surface area contributed by atoms with Gasteiger partial charge in [0.15, 0.2) is 5.78 Å². The molecule has 0 aromatic heterocycles. The lowest BCUT2D eigenvalue weighted by molar-refractivity contribution is -0.119. The van der Waals surface area contributed by atoms with Gasteiger partial charge in [-0.15, -0.1) is 0 Å². The van der Waals surface area contributed by atoms with Crippen molar-refractivity contribution < 1.29 is 14.3 Å². The monoisotopic (exact) mass is 330 g/mol. The highest BCUT2D eigenvalue weighted by Crippen LogP contribution is 2.53. The summed E-state index contributed by atoms with van der Waals surface area (Å²) in [6.07, 6.45) is 10.3. The maximum atomic E-state index is 13.2. The van der Waals surface area contributed by atoms with Crippen LogP contribution in [0.5, 0.6) is 0 Å². The van der Waals surface area contributed by atoms with E-state index >= 15 is 0 Å². The van der Waals surface area contributed by atoms with Gasteiger partial charge in [-0.3, -0.25) is 4.79 Å². The van der Waals surface area contributed by atoms with Gasteiger partial charge in [0.05, 0.1) is 12.7 Å². The highest BCUT2D eigenvalue weighted by Gasteiger charge is 2.48. The molecule has 3 heteroatoms. The number of fused-ring (bicyclic) bond motifs is 2. The van der Waals surface area contributed by atoms with Crippen molar-refractivity contribution in [2.75, 3.05) is 14.2 Å². The lowest BCUT2D eigenvalue weighted by Gasteiger charge is -2.47. The van der Waals surface area contributed by atoms with E-state index in [1.165, 1.54) is 23.1 Å². The largest absolute Gasteiger partial charge is 0.496 e. The van der Waals surface area contributed by atoms with Crippen LogP contribution in [0.4, 0.5) is 0 Å². The lowest BCUT2D eigenvalue weighted by atomic mass is 9.63. The number of unbranched alkanes of at least 4 members (excludes halogenated alkanes) is 1. The zero-order chi connectivity index (χ0) is 17.3. The number of Topliss-reactive ketones (excluding diaryl/α,β-unsaturated/α-hetero) is 1. The Morgan fingerprint density at radius 2 is 2.08 bits per heavy atom. The summed E-state index contributed by atoms with van der Waals surface area (Å²) in [5.74, 6) is 1.26. The van der Waals surface area contributed by atoms with E-state index in [-0.39, 0.29) is 11.5 Å². The van der Waals surface area contributed by atoms with Gasteiger partial charge in [-0.2, -0.15) is 0 Å². The summed E-state index contributed by atoms with van der Waals surface area (Å²) < 4.78 is 11.5. The Labute approximate surface area is 145 Å². The molecule has 0 spiro atoms. The Morgan fingerprint density at radius 1 is 1.29 bits per heavy atom. The molecule has 0 aromatic carbocycles. The van der Waals surface area contributed by atoms with Crippen molar-refractivity contribution in [1.82, 2.24) is 0 Å². The molecule has 2 atom stereocenters. The number of hydrogen-bond donors (Lipinski definition) is 0. The van der Waals surface area contributed by atoms with Gasteiger partial charge < -0.3 is 9.47 Å². The summed E-state index contributed by atoms with van der Waals surface area (Å²) in [7, 11) is 3.48.